The van der Waals surface area contributed by atoms with Crippen LogP contribution in [0.15, 0.2) is 89.8 Å². The maximum absolute atomic E-state index is 13.0. The molecule has 9 nitrogen and oxygen atoms in total. The summed E-state index contributed by atoms with van der Waals surface area (Å²) < 4.78 is 17.6. The first-order valence-corrected chi connectivity index (χ1v) is 14.5. The molecule has 0 aliphatic heterocycles. The van der Waals surface area contributed by atoms with Gasteiger partial charge in [-0.2, -0.15) is 0 Å². The van der Waals surface area contributed by atoms with Crippen molar-refractivity contribution in [1.29, 1.82) is 0 Å². The van der Waals surface area contributed by atoms with Crippen molar-refractivity contribution in [3.63, 3.8) is 0 Å². The van der Waals surface area contributed by atoms with Gasteiger partial charge in [-0.15, -0.1) is 11.8 Å². The number of rotatable bonds is 15. The molecule has 0 saturated heterocycles. The van der Waals surface area contributed by atoms with Gasteiger partial charge in [0.1, 0.15) is 12.4 Å². The minimum Gasteiger partial charge on any atom is -0.491 e. The number of anilines is 3. The SMILES string of the molecule is CCO[C@@H](CC/C=C/C(=O)Nc1ccccc1N)[C@@H](OC(=O)Nc1ccc(SC)cc1)c1cccc(OCCO)c1. The number of ether oxygens (including phenoxy) is 3. The van der Waals surface area contributed by atoms with E-state index in [1.165, 1.54) is 6.08 Å². The second-order valence-corrected chi connectivity index (χ2v) is 9.75. The lowest BCUT2D eigenvalue weighted by Gasteiger charge is -2.27. The average Bonchev–Trinajstić information content (AvgIpc) is 2.98. The summed E-state index contributed by atoms with van der Waals surface area (Å²) >= 11 is 1.61. The summed E-state index contributed by atoms with van der Waals surface area (Å²) in [6, 6.07) is 21.6. The van der Waals surface area contributed by atoms with E-state index in [9.17, 15) is 9.59 Å². The zero-order valence-electron chi connectivity index (χ0n) is 23.2. The third kappa shape index (κ3) is 10.5. The van der Waals surface area contributed by atoms with Crippen molar-refractivity contribution in [3.8, 4) is 5.75 Å². The van der Waals surface area contributed by atoms with Crippen LogP contribution in [0.25, 0.3) is 0 Å². The fraction of sp³-hybridized carbons (Fsp3) is 0.290. The molecule has 10 heteroatoms. The van der Waals surface area contributed by atoms with Crippen molar-refractivity contribution in [2.45, 2.75) is 36.9 Å². The number of benzene rings is 3. The van der Waals surface area contributed by atoms with E-state index in [0.29, 0.717) is 47.8 Å². The summed E-state index contributed by atoms with van der Waals surface area (Å²) in [5, 5.41) is 14.7. The number of thioether (sulfide) groups is 1. The molecule has 3 aromatic carbocycles. The Balaban J connectivity index is 1.74. The fourth-order valence-electron chi connectivity index (χ4n) is 4.01. The molecule has 218 valence electrons. The van der Waals surface area contributed by atoms with Crippen LogP contribution in [0, 0.1) is 0 Å². The zero-order valence-corrected chi connectivity index (χ0v) is 24.1. The summed E-state index contributed by atoms with van der Waals surface area (Å²) in [7, 11) is 0. The largest absolute Gasteiger partial charge is 0.491 e. The molecular formula is C31H37N3O6S. The van der Waals surface area contributed by atoms with Gasteiger partial charge in [-0.25, -0.2) is 4.79 Å². The lowest BCUT2D eigenvalue weighted by atomic mass is 10.00. The number of nitrogen functional groups attached to an aromatic ring is 1. The van der Waals surface area contributed by atoms with E-state index in [4.69, 9.17) is 25.1 Å². The Hall–Kier alpha value is -3.99. The van der Waals surface area contributed by atoms with E-state index in [1.54, 1.807) is 60.3 Å². The molecule has 3 rings (SSSR count). The third-order valence-electron chi connectivity index (χ3n) is 5.94. The van der Waals surface area contributed by atoms with Crippen LogP contribution in [0.5, 0.6) is 5.75 Å². The number of aliphatic hydroxyl groups is 1. The summed E-state index contributed by atoms with van der Waals surface area (Å²) in [6.45, 7) is 2.27. The minimum atomic E-state index is -0.774. The van der Waals surface area contributed by atoms with E-state index >= 15 is 0 Å². The number of carbonyl (C=O) groups excluding carboxylic acids is 2. The van der Waals surface area contributed by atoms with E-state index in [1.807, 2.05) is 43.5 Å². The van der Waals surface area contributed by atoms with Gasteiger partial charge in [-0.05, 0) is 86.2 Å². The fourth-order valence-corrected chi connectivity index (χ4v) is 4.42. The van der Waals surface area contributed by atoms with Gasteiger partial charge in [0.2, 0.25) is 5.91 Å². The number of allylic oxidation sites excluding steroid dienone is 1. The van der Waals surface area contributed by atoms with Gasteiger partial charge >= 0.3 is 6.09 Å². The Labute approximate surface area is 245 Å². The van der Waals surface area contributed by atoms with E-state index in [0.717, 1.165) is 4.90 Å². The van der Waals surface area contributed by atoms with Crippen LogP contribution in [0.4, 0.5) is 21.9 Å². The van der Waals surface area contributed by atoms with Gasteiger partial charge in [0, 0.05) is 17.2 Å². The molecule has 0 saturated carbocycles. The number of aliphatic hydroxyl groups excluding tert-OH is 1. The van der Waals surface area contributed by atoms with Crippen LogP contribution >= 0.6 is 11.8 Å². The van der Waals surface area contributed by atoms with Crippen molar-refractivity contribution in [1.82, 2.24) is 0 Å². The summed E-state index contributed by atoms with van der Waals surface area (Å²) in [4.78, 5) is 26.5. The maximum atomic E-state index is 13.0. The predicted molar refractivity (Wildman–Crippen MR) is 163 cm³/mol. The van der Waals surface area contributed by atoms with Gasteiger partial charge in [-0.3, -0.25) is 10.1 Å². The van der Waals surface area contributed by atoms with Crippen molar-refractivity contribution >= 4 is 40.8 Å². The van der Waals surface area contributed by atoms with E-state index < -0.39 is 18.3 Å². The molecule has 0 heterocycles. The highest BCUT2D eigenvalue weighted by Gasteiger charge is 2.28. The zero-order chi connectivity index (χ0) is 29.5. The number of para-hydroxylation sites is 2. The minimum absolute atomic E-state index is 0.125. The quantitative estimate of drug-likeness (QED) is 0.0975. The Bertz CT molecular complexity index is 1280. The number of amides is 2. The molecule has 3 aromatic rings. The van der Waals surface area contributed by atoms with Crippen LogP contribution in [-0.4, -0.2) is 49.3 Å². The third-order valence-corrected chi connectivity index (χ3v) is 6.68. The topological polar surface area (TPSA) is 132 Å². The van der Waals surface area contributed by atoms with Crippen molar-refractivity contribution in [2.75, 3.05) is 42.4 Å². The lowest BCUT2D eigenvalue weighted by molar-refractivity contribution is -0.111. The van der Waals surface area contributed by atoms with Gasteiger partial charge in [-0.1, -0.05) is 30.3 Å². The standard InChI is InChI=1S/C31H37N3O6S/c1-3-38-28(13-6-7-14-29(36)34-27-12-5-4-11-26(27)32)30(22-9-8-10-24(21-22)39-20-19-35)40-31(37)33-23-15-17-25(41-2)18-16-23/h4-5,7-12,14-18,21,28,30,35H,3,6,13,19-20,32H2,1-2H3,(H,33,37)(H,34,36)/b14-7+/t28-,30-/m0/s1. The highest BCUT2D eigenvalue weighted by molar-refractivity contribution is 7.98. The monoisotopic (exact) mass is 579 g/mol. The first-order chi connectivity index (χ1) is 19.9. The van der Waals surface area contributed by atoms with Gasteiger partial charge in [0.15, 0.2) is 6.10 Å². The molecule has 0 spiro atoms. The van der Waals surface area contributed by atoms with Gasteiger partial charge in [0.25, 0.3) is 0 Å². The molecule has 0 aliphatic rings. The van der Waals surface area contributed by atoms with Crippen LogP contribution in [-0.2, 0) is 14.3 Å². The highest BCUT2D eigenvalue weighted by atomic mass is 32.2. The molecule has 0 unspecified atom stereocenters. The van der Waals surface area contributed by atoms with Crippen LogP contribution < -0.4 is 21.1 Å². The van der Waals surface area contributed by atoms with E-state index in [-0.39, 0.29) is 19.1 Å². The molecule has 41 heavy (non-hydrogen) atoms. The van der Waals surface area contributed by atoms with Crippen LogP contribution in [0.3, 0.4) is 0 Å². The van der Waals surface area contributed by atoms with Crippen molar-refractivity contribution in [2.24, 2.45) is 0 Å². The van der Waals surface area contributed by atoms with Gasteiger partial charge in [0.05, 0.1) is 24.1 Å². The van der Waals surface area contributed by atoms with Crippen LogP contribution in [0.1, 0.15) is 31.4 Å². The second kappa shape index (κ2) is 17.0. The van der Waals surface area contributed by atoms with Crippen LogP contribution in [0.2, 0.25) is 0 Å². The molecule has 0 radical (unpaired) electrons. The number of carbonyl (C=O) groups is 2. The average molecular weight is 580 g/mol. The number of hydrogen-bond acceptors (Lipinski definition) is 8. The molecule has 2 amide bonds. The molecule has 0 aliphatic carbocycles. The van der Waals surface area contributed by atoms with Crippen molar-refractivity contribution in [3.05, 3.63) is 90.5 Å². The Morgan fingerprint density at radius 1 is 1.05 bits per heavy atom. The molecule has 0 fully saturated rings. The summed E-state index contributed by atoms with van der Waals surface area (Å²) in [6.07, 6.45) is 4.20. The summed E-state index contributed by atoms with van der Waals surface area (Å²) in [5.74, 6) is 0.231. The lowest BCUT2D eigenvalue weighted by Crippen LogP contribution is -2.29. The summed E-state index contributed by atoms with van der Waals surface area (Å²) in [5.41, 5.74) is 8.20. The first-order valence-electron chi connectivity index (χ1n) is 13.3. The smallest absolute Gasteiger partial charge is 0.412 e. The predicted octanol–water partition coefficient (Wildman–Crippen LogP) is 6.03. The molecule has 2 atom stereocenters. The number of nitrogens with two attached hydrogens (primary N) is 1. The second-order valence-electron chi connectivity index (χ2n) is 8.87. The Kier molecular flexibility index (Phi) is 13.0. The number of hydrogen-bond donors (Lipinski definition) is 4. The highest BCUT2D eigenvalue weighted by Crippen LogP contribution is 2.30. The normalized spacial score (nSPS) is 12.5. The van der Waals surface area contributed by atoms with Crippen molar-refractivity contribution < 1.29 is 28.9 Å². The van der Waals surface area contributed by atoms with Gasteiger partial charge < -0.3 is 30.4 Å². The number of nitrogens with one attached hydrogen (secondary N) is 2. The Morgan fingerprint density at radius 2 is 1.83 bits per heavy atom. The van der Waals surface area contributed by atoms with E-state index in [2.05, 4.69) is 10.6 Å². The molecule has 0 bridgehead atoms. The molecule has 5 N–H and O–H groups in total. The molecule has 0 aromatic heterocycles. The Morgan fingerprint density at radius 3 is 2.54 bits per heavy atom. The molecular weight excluding hydrogens is 542 g/mol. The first kappa shape index (κ1) is 31.5. The maximum Gasteiger partial charge on any atom is 0.412 e.